The molecule has 3 heterocycles. The van der Waals surface area contributed by atoms with Crippen molar-refractivity contribution >= 4 is 5.91 Å². The Morgan fingerprint density at radius 2 is 1.97 bits per heavy atom. The van der Waals surface area contributed by atoms with Crippen molar-refractivity contribution in [1.29, 1.82) is 0 Å². The number of aromatic nitrogens is 2. The first kappa shape index (κ1) is 23.5. The molecule has 6 rings (SSSR count). The number of benzene rings is 1. The van der Waals surface area contributed by atoms with Gasteiger partial charge in [-0.05, 0) is 62.0 Å². The Balaban J connectivity index is 1.20. The summed E-state index contributed by atoms with van der Waals surface area (Å²) < 4.78 is 11.5. The van der Waals surface area contributed by atoms with Crippen molar-refractivity contribution in [3.8, 4) is 0 Å². The molecule has 190 valence electrons. The number of piperidine rings is 1. The van der Waals surface area contributed by atoms with Gasteiger partial charge in [0.1, 0.15) is 0 Å². The van der Waals surface area contributed by atoms with E-state index in [1.165, 1.54) is 55.2 Å². The normalized spacial score (nSPS) is 24.1. The van der Waals surface area contributed by atoms with E-state index in [1.54, 1.807) is 19.2 Å². The summed E-state index contributed by atoms with van der Waals surface area (Å²) in [6.07, 6.45) is 12.0. The number of carbonyl (C=O) groups excluding carboxylic acids is 1. The zero-order valence-electron chi connectivity index (χ0n) is 21.0. The summed E-state index contributed by atoms with van der Waals surface area (Å²) in [7, 11) is 1.78. The van der Waals surface area contributed by atoms with Crippen LogP contribution in [0.1, 0.15) is 89.8 Å². The highest BCUT2D eigenvalue weighted by atomic mass is 16.5. The lowest BCUT2D eigenvalue weighted by molar-refractivity contribution is -0.0124. The Bertz CT molecular complexity index is 1170. The molecular formula is C29H36N4O3. The van der Waals surface area contributed by atoms with E-state index >= 15 is 0 Å². The monoisotopic (exact) mass is 488 g/mol. The number of hydrogen-bond acceptors (Lipinski definition) is 5. The fourth-order valence-corrected chi connectivity index (χ4v) is 7.09. The zero-order valence-corrected chi connectivity index (χ0v) is 21.0. The molecule has 0 unspecified atom stereocenters. The maximum absolute atomic E-state index is 12.9. The molecule has 3 aliphatic rings. The summed E-state index contributed by atoms with van der Waals surface area (Å²) in [6, 6.07) is 11.8. The molecule has 2 N–H and O–H groups in total. The van der Waals surface area contributed by atoms with Gasteiger partial charge in [0.05, 0.1) is 24.6 Å². The molecule has 2 atom stereocenters. The van der Waals surface area contributed by atoms with Crippen molar-refractivity contribution < 1.29 is 13.9 Å². The number of amides is 1. The second kappa shape index (κ2) is 9.87. The molecule has 36 heavy (non-hydrogen) atoms. The van der Waals surface area contributed by atoms with Gasteiger partial charge >= 0.3 is 0 Å². The standard InChI is InChI=1S/C29H36N4O3/c1-35-27-26(31-28(34)24-12-7-17-36-24)22-10-5-6-11-23(22)29(27)13-15-33(16-14-29)19-21-18-30-32-25(21)20-8-3-2-4-9-20/h5-7,10-12,17-18,20,26-27H,2-4,8-9,13-16,19H2,1H3,(H,30,32)(H,31,34)/t26-,27+/m0/s1. The van der Waals surface area contributed by atoms with Gasteiger partial charge in [0.15, 0.2) is 5.76 Å². The quantitative estimate of drug-likeness (QED) is 0.505. The molecular weight excluding hydrogens is 452 g/mol. The number of methoxy groups -OCH3 is 1. The second-order valence-corrected chi connectivity index (χ2v) is 10.7. The fourth-order valence-electron chi connectivity index (χ4n) is 7.09. The predicted molar refractivity (Wildman–Crippen MR) is 137 cm³/mol. The topological polar surface area (TPSA) is 83.4 Å². The van der Waals surface area contributed by atoms with Crippen molar-refractivity contribution in [3.63, 3.8) is 0 Å². The minimum Gasteiger partial charge on any atom is -0.459 e. The molecule has 1 saturated carbocycles. The molecule has 1 aliphatic heterocycles. The lowest BCUT2D eigenvalue weighted by atomic mass is 9.71. The van der Waals surface area contributed by atoms with Gasteiger partial charge in [-0.2, -0.15) is 5.10 Å². The third kappa shape index (κ3) is 4.08. The van der Waals surface area contributed by atoms with Crippen LogP contribution < -0.4 is 5.32 Å². The van der Waals surface area contributed by atoms with E-state index in [2.05, 4.69) is 44.7 Å². The van der Waals surface area contributed by atoms with E-state index in [1.807, 2.05) is 6.20 Å². The van der Waals surface area contributed by atoms with Gasteiger partial charge in [0.25, 0.3) is 5.91 Å². The highest BCUT2D eigenvalue weighted by molar-refractivity contribution is 5.91. The van der Waals surface area contributed by atoms with E-state index < -0.39 is 0 Å². The Labute approximate surface area is 212 Å². The first-order chi connectivity index (χ1) is 17.7. The molecule has 1 saturated heterocycles. The number of ether oxygens (including phenoxy) is 1. The second-order valence-electron chi connectivity index (χ2n) is 10.7. The van der Waals surface area contributed by atoms with Crippen molar-refractivity contribution in [2.24, 2.45) is 0 Å². The van der Waals surface area contributed by atoms with Crippen LogP contribution >= 0.6 is 0 Å². The van der Waals surface area contributed by atoms with E-state index in [9.17, 15) is 4.79 Å². The minimum absolute atomic E-state index is 0.119. The van der Waals surface area contributed by atoms with Gasteiger partial charge in [-0.1, -0.05) is 43.5 Å². The SMILES string of the molecule is CO[C@@H]1[C@@H](NC(=O)c2ccco2)c2ccccc2C12CCN(Cc1cn[nH]c1C1CCCCC1)CC2. The highest BCUT2D eigenvalue weighted by Crippen LogP contribution is 2.52. The molecule has 1 aromatic carbocycles. The molecule has 2 aliphatic carbocycles. The molecule has 7 heteroatoms. The van der Waals surface area contributed by atoms with E-state index in [-0.39, 0.29) is 23.5 Å². The molecule has 3 aromatic rings. The summed E-state index contributed by atoms with van der Waals surface area (Å²) in [6.45, 7) is 2.92. The Kier molecular flexibility index (Phi) is 6.44. The average molecular weight is 489 g/mol. The maximum Gasteiger partial charge on any atom is 0.287 e. The maximum atomic E-state index is 12.9. The molecule has 0 bridgehead atoms. The van der Waals surface area contributed by atoms with Crippen molar-refractivity contribution in [2.75, 3.05) is 20.2 Å². The minimum atomic E-state index is -0.206. The van der Waals surface area contributed by atoms with Gasteiger partial charge < -0.3 is 14.5 Å². The van der Waals surface area contributed by atoms with Gasteiger partial charge in [-0.15, -0.1) is 0 Å². The number of carbonyl (C=O) groups is 1. The van der Waals surface area contributed by atoms with Gasteiger partial charge in [-0.25, -0.2) is 0 Å². The third-order valence-corrected chi connectivity index (χ3v) is 8.87. The van der Waals surface area contributed by atoms with E-state index in [4.69, 9.17) is 9.15 Å². The van der Waals surface area contributed by atoms with Crippen LogP contribution in [-0.2, 0) is 16.7 Å². The third-order valence-electron chi connectivity index (χ3n) is 8.87. The number of aromatic amines is 1. The first-order valence-corrected chi connectivity index (χ1v) is 13.4. The van der Waals surface area contributed by atoms with Crippen LogP contribution in [0, 0.1) is 0 Å². The number of likely N-dealkylation sites (tertiary alicyclic amines) is 1. The Morgan fingerprint density at radius 1 is 1.17 bits per heavy atom. The number of nitrogens with one attached hydrogen (secondary N) is 2. The van der Waals surface area contributed by atoms with Crippen LogP contribution in [-0.4, -0.2) is 47.3 Å². The van der Waals surface area contributed by atoms with Crippen molar-refractivity contribution in [1.82, 2.24) is 20.4 Å². The van der Waals surface area contributed by atoms with Gasteiger partial charge in [0, 0.05) is 36.2 Å². The highest BCUT2D eigenvalue weighted by Gasteiger charge is 2.54. The predicted octanol–water partition coefficient (Wildman–Crippen LogP) is 5.08. The largest absolute Gasteiger partial charge is 0.459 e. The number of rotatable bonds is 6. The summed E-state index contributed by atoms with van der Waals surface area (Å²) in [4.78, 5) is 15.5. The summed E-state index contributed by atoms with van der Waals surface area (Å²) in [5, 5.41) is 11.0. The van der Waals surface area contributed by atoms with E-state index in [0.717, 1.165) is 38.0 Å². The van der Waals surface area contributed by atoms with Crippen LogP contribution in [0.2, 0.25) is 0 Å². The smallest absolute Gasteiger partial charge is 0.287 e. The van der Waals surface area contributed by atoms with Crippen LogP contribution in [0.25, 0.3) is 0 Å². The van der Waals surface area contributed by atoms with Gasteiger partial charge in [0.2, 0.25) is 0 Å². The molecule has 2 aromatic heterocycles. The zero-order chi connectivity index (χ0) is 24.5. The Hall–Kier alpha value is -2.90. The number of fused-ring (bicyclic) bond motifs is 2. The van der Waals surface area contributed by atoms with Crippen molar-refractivity contribution in [3.05, 3.63) is 77.0 Å². The van der Waals surface area contributed by atoms with E-state index in [0.29, 0.717) is 11.7 Å². The van der Waals surface area contributed by atoms with Crippen LogP contribution in [0.15, 0.2) is 53.3 Å². The fraction of sp³-hybridized carbons (Fsp3) is 0.517. The van der Waals surface area contributed by atoms with Crippen LogP contribution in [0.3, 0.4) is 0 Å². The molecule has 1 spiro atoms. The number of nitrogens with zero attached hydrogens (tertiary/aromatic N) is 2. The van der Waals surface area contributed by atoms with Crippen molar-refractivity contribution in [2.45, 2.75) is 75.0 Å². The summed E-state index contributed by atoms with van der Waals surface area (Å²) in [5.41, 5.74) is 5.07. The number of furan rings is 1. The van der Waals surface area contributed by atoms with Gasteiger partial charge in [-0.3, -0.25) is 14.8 Å². The van der Waals surface area contributed by atoms with Crippen LogP contribution in [0.5, 0.6) is 0 Å². The number of hydrogen-bond donors (Lipinski definition) is 2. The first-order valence-electron chi connectivity index (χ1n) is 13.4. The lowest BCUT2D eigenvalue weighted by Crippen LogP contribution is -2.50. The lowest BCUT2D eigenvalue weighted by Gasteiger charge is -2.44. The number of H-pyrrole nitrogens is 1. The summed E-state index contributed by atoms with van der Waals surface area (Å²) in [5.74, 6) is 0.754. The molecule has 2 fully saturated rings. The summed E-state index contributed by atoms with van der Waals surface area (Å²) >= 11 is 0. The molecule has 1 amide bonds. The molecule has 0 radical (unpaired) electrons. The molecule has 7 nitrogen and oxygen atoms in total. The average Bonchev–Trinajstić information content (AvgIpc) is 3.67. The Morgan fingerprint density at radius 3 is 2.72 bits per heavy atom. The van der Waals surface area contributed by atoms with Crippen LogP contribution in [0.4, 0.5) is 0 Å².